The number of amides is 2. The van der Waals surface area contributed by atoms with E-state index in [1.165, 1.54) is 5.56 Å². The van der Waals surface area contributed by atoms with Crippen molar-refractivity contribution in [2.24, 2.45) is 0 Å². The summed E-state index contributed by atoms with van der Waals surface area (Å²) < 4.78 is 1.95. The third kappa shape index (κ3) is 5.31. The summed E-state index contributed by atoms with van der Waals surface area (Å²) in [5, 5.41) is 3.04. The van der Waals surface area contributed by atoms with Crippen molar-refractivity contribution in [3.8, 4) is 0 Å². The first-order chi connectivity index (χ1) is 17.6. The minimum absolute atomic E-state index is 0.0698. The molecule has 7 heteroatoms. The number of nitrogens with one attached hydrogen (secondary N) is 1. The molecule has 0 radical (unpaired) electrons. The molecule has 2 heterocycles. The van der Waals surface area contributed by atoms with Crippen LogP contribution in [0.3, 0.4) is 0 Å². The molecule has 0 aliphatic carbocycles. The Balaban J connectivity index is 1.28. The molecule has 4 aromatic rings. The summed E-state index contributed by atoms with van der Waals surface area (Å²) >= 11 is 0. The van der Waals surface area contributed by atoms with Crippen molar-refractivity contribution in [2.45, 2.75) is 26.1 Å². The van der Waals surface area contributed by atoms with E-state index in [4.69, 9.17) is 4.98 Å². The Morgan fingerprint density at radius 2 is 1.50 bits per heavy atom. The summed E-state index contributed by atoms with van der Waals surface area (Å²) in [5.74, 6) is 0.583. The number of hydrogen-bond acceptors (Lipinski definition) is 4. The lowest BCUT2D eigenvalue weighted by Gasteiger charge is -2.35. The Morgan fingerprint density at radius 3 is 2.22 bits per heavy atom. The molecule has 1 aliphatic heterocycles. The number of rotatable bonds is 7. The van der Waals surface area contributed by atoms with Gasteiger partial charge in [-0.05, 0) is 36.8 Å². The van der Waals surface area contributed by atoms with E-state index in [9.17, 15) is 9.59 Å². The van der Waals surface area contributed by atoms with Crippen LogP contribution < -0.4 is 5.32 Å². The summed E-state index contributed by atoms with van der Waals surface area (Å²) in [7, 11) is 0. The topological polar surface area (TPSA) is 70.5 Å². The van der Waals surface area contributed by atoms with Gasteiger partial charge in [-0.25, -0.2) is 4.98 Å². The number of piperazine rings is 1. The highest BCUT2D eigenvalue weighted by molar-refractivity contribution is 5.94. The molecule has 5 rings (SSSR count). The van der Waals surface area contributed by atoms with Crippen LogP contribution in [0.15, 0.2) is 84.9 Å². The molecule has 1 atom stereocenters. The standard InChI is InChI=1S/C29H31N5O2/c1-22(30-29(36)24-12-6-3-7-13-24)28-31-25-14-8-9-15-26(25)34(28)21-27(35)33-18-16-32(17-19-33)20-23-10-4-2-5-11-23/h2-15,22H,16-21H2,1H3,(H,30,36)/t22-/m1/s1. The second kappa shape index (κ2) is 10.7. The average molecular weight is 482 g/mol. The highest BCUT2D eigenvalue weighted by atomic mass is 16.2. The number of imidazole rings is 1. The fourth-order valence-electron chi connectivity index (χ4n) is 4.76. The summed E-state index contributed by atoms with van der Waals surface area (Å²) in [4.78, 5) is 35.2. The first-order valence-electron chi connectivity index (χ1n) is 12.4. The normalized spacial score (nSPS) is 15.1. The van der Waals surface area contributed by atoms with Gasteiger partial charge in [-0.15, -0.1) is 0 Å². The van der Waals surface area contributed by atoms with Crippen LogP contribution in [-0.2, 0) is 17.9 Å². The maximum absolute atomic E-state index is 13.4. The monoisotopic (exact) mass is 481 g/mol. The van der Waals surface area contributed by atoms with Crippen LogP contribution in [0.5, 0.6) is 0 Å². The Kier molecular flexibility index (Phi) is 7.09. The van der Waals surface area contributed by atoms with Crippen LogP contribution in [0, 0.1) is 0 Å². The summed E-state index contributed by atoms with van der Waals surface area (Å²) in [6, 6.07) is 27.0. The van der Waals surface area contributed by atoms with Crippen LogP contribution in [0.25, 0.3) is 11.0 Å². The quantitative estimate of drug-likeness (QED) is 0.435. The smallest absolute Gasteiger partial charge is 0.251 e. The van der Waals surface area contributed by atoms with Gasteiger partial charge in [-0.2, -0.15) is 0 Å². The molecule has 7 nitrogen and oxygen atoms in total. The summed E-state index contributed by atoms with van der Waals surface area (Å²) in [6.45, 7) is 6.11. The lowest BCUT2D eigenvalue weighted by Crippen LogP contribution is -2.49. The average Bonchev–Trinajstić information content (AvgIpc) is 3.28. The van der Waals surface area contributed by atoms with Crippen molar-refractivity contribution in [1.82, 2.24) is 24.7 Å². The first kappa shape index (κ1) is 23.8. The van der Waals surface area contributed by atoms with Crippen LogP contribution in [-0.4, -0.2) is 57.3 Å². The number of carbonyl (C=O) groups excluding carboxylic acids is 2. The fraction of sp³-hybridized carbons (Fsp3) is 0.276. The van der Waals surface area contributed by atoms with Gasteiger partial charge in [0.2, 0.25) is 5.91 Å². The van der Waals surface area contributed by atoms with Crippen LogP contribution in [0.1, 0.15) is 34.7 Å². The molecule has 3 aromatic carbocycles. The SMILES string of the molecule is C[C@@H](NC(=O)c1ccccc1)c1nc2ccccc2n1CC(=O)N1CCN(Cc2ccccc2)CC1. The van der Waals surface area contributed by atoms with Gasteiger partial charge in [-0.3, -0.25) is 14.5 Å². The van der Waals surface area contributed by atoms with E-state index in [1.807, 2.05) is 64.9 Å². The lowest BCUT2D eigenvalue weighted by molar-refractivity contribution is -0.133. The van der Waals surface area contributed by atoms with Crippen molar-refractivity contribution in [3.05, 3.63) is 102 Å². The van der Waals surface area contributed by atoms with Crippen molar-refractivity contribution in [3.63, 3.8) is 0 Å². The van der Waals surface area contributed by atoms with Crippen molar-refractivity contribution in [2.75, 3.05) is 26.2 Å². The second-order valence-corrected chi connectivity index (χ2v) is 9.25. The van der Waals surface area contributed by atoms with Crippen LogP contribution in [0.2, 0.25) is 0 Å². The molecule has 184 valence electrons. The molecule has 36 heavy (non-hydrogen) atoms. The van der Waals surface area contributed by atoms with E-state index < -0.39 is 0 Å². The number of nitrogens with zero attached hydrogens (tertiary/aromatic N) is 4. The second-order valence-electron chi connectivity index (χ2n) is 9.25. The number of hydrogen-bond donors (Lipinski definition) is 1. The van der Waals surface area contributed by atoms with Gasteiger partial charge >= 0.3 is 0 Å². The van der Waals surface area contributed by atoms with Crippen molar-refractivity contribution in [1.29, 1.82) is 0 Å². The third-order valence-electron chi connectivity index (χ3n) is 6.72. The van der Waals surface area contributed by atoms with E-state index in [1.54, 1.807) is 12.1 Å². The number of para-hydroxylation sites is 2. The molecule has 2 amide bonds. The number of benzene rings is 3. The van der Waals surface area contributed by atoms with E-state index in [0.29, 0.717) is 24.5 Å². The molecule has 0 saturated carbocycles. The molecular weight excluding hydrogens is 450 g/mol. The zero-order chi connectivity index (χ0) is 24.9. The molecule has 1 fully saturated rings. The molecule has 0 bridgehead atoms. The number of fused-ring (bicyclic) bond motifs is 1. The predicted molar refractivity (Wildman–Crippen MR) is 140 cm³/mol. The maximum atomic E-state index is 13.4. The van der Waals surface area contributed by atoms with Gasteiger partial charge in [0.15, 0.2) is 0 Å². The Hall–Kier alpha value is -3.97. The van der Waals surface area contributed by atoms with Crippen LogP contribution >= 0.6 is 0 Å². The lowest BCUT2D eigenvalue weighted by atomic mass is 10.2. The Labute approximate surface area is 211 Å². The number of carbonyl (C=O) groups is 2. The zero-order valence-electron chi connectivity index (χ0n) is 20.5. The van der Waals surface area contributed by atoms with E-state index in [-0.39, 0.29) is 24.4 Å². The van der Waals surface area contributed by atoms with Gasteiger partial charge in [0.25, 0.3) is 5.91 Å². The highest BCUT2D eigenvalue weighted by Crippen LogP contribution is 2.22. The first-order valence-corrected chi connectivity index (χ1v) is 12.4. The molecule has 1 aliphatic rings. The summed E-state index contributed by atoms with van der Waals surface area (Å²) in [6.07, 6.45) is 0. The minimum atomic E-state index is -0.361. The van der Waals surface area contributed by atoms with Gasteiger partial charge in [0.1, 0.15) is 12.4 Å². The fourth-order valence-corrected chi connectivity index (χ4v) is 4.76. The molecule has 1 N–H and O–H groups in total. The highest BCUT2D eigenvalue weighted by Gasteiger charge is 2.25. The van der Waals surface area contributed by atoms with Gasteiger partial charge in [0, 0.05) is 38.3 Å². The molecule has 0 unspecified atom stereocenters. The third-order valence-corrected chi connectivity index (χ3v) is 6.72. The molecule has 1 saturated heterocycles. The van der Waals surface area contributed by atoms with Crippen molar-refractivity contribution < 1.29 is 9.59 Å². The van der Waals surface area contributed by atoms with E-state index in [0.717, 1.165) is 30.7 Å². The Bertz CT molecular complexity index is 1330. The minimum Gasteiger partial charge on any atom is -0.342 e. The predicted octanol–water partition coefficient (Wildman–Crippen LogP) is 3.87. The maximum Gasteiger partial charge on any atom is 0.251 e. The van der Waals surface area contributed by atoms with Gasteiger partial charge in [-0.1, -0.05) is 60.7 Å². The summed E-state index contributed by atoms with van der Waals surface area (Å²) in [5.41, 5.74) is 3.59. The largest absolute Gasteiger partial charge is 0.342 e. The van der Waals surface area contributed by atoms with Crippen LogP contribution in [0.4, 0.5) is 0 Å². The molecular formula is C29H31N5O2. The van der Waals surface area contributed by atoms with E-state index in [2.05, 4.69) is 34.5 Å². The number of aromatic nitrogens is 2. The molecule has 0 spiro atoms. The zero-order valence-corrected chi connectivity index (χ0v) is 20.5. The van der Waals surface area contributed by atoms with E-state index >= 15 is 0 Å². The van der Waals surface area contributed by atoms with Gasteiger partial charge < -0.3 is 14.8 Å². The van der Waals surface area contributed by atoms with Crippen molar-refractivity contribution >= 4 is 22.8 Å². The van der Waals surface area contributed by atoms with Gasteiger partial charge in [0.05, 0.1) is 17.1 Å². The molecule has 1 aromatic heterocycles. The Morgan fingerprint density at radius 1 is 0.861 bits per heavy atom.